The molecule has 0 saturated carbocycles. The first kappa shape index (κ1) is 23.7. The minimum atomic E-state index is -3.64. The molecule has 0 unspecified atom stereocenters. The highest BCUT2D eigenvalue weighted by Gasteiger charge is 2.17. The lowest BCUT2D eigenvalue weighted by molar-refractivity contribution is -0.146. The molecule has 9 heteroatoms. The molecular formula is C21H25ClN2O5S. The van der Waals surface area contributed by atoms with Gasteiger partial charge in [-0.2, -0.15) is 0 Å². The van der Waals surface area contributed by atoms with Crippen LogP contribution in [-0.4, -0.2) is 45.7 Å². The van der Waals surface area contributed by atoms with Crippen LogP contribution in [0.1, 0.15) is 20.3 Å². The van der Waals surface area contributed by atoms with Crippen molar-refractivity contribution in [3.8, 4) is 0 Å². The minimum absolute atomic E-state index is 0.0746. The number of rotatable bonds is 10. The fraction of sp³-hybridized carbons (Fsp3) is 0.333. The molecule has 1 N–H and O–H groups in total. The van der Waals surface area contributed by atoms with Gasteiger partial charge in [-0.05, 0) is 62.4 Å². The topological polar surface area (TPSA) is 92.8 Å². The first-order chi connectivity index (χ1) is 14.2. The number of sulfone groups is 1. The molecule has 0 atom stereocenters. The van der Waals surface area contributed by atoms with E-state index in [1.54, 1.807) is 12.1 Å². The summed E-state index contributed by atoms with van der Waals surface area (Å²) in [7, 11) is -3.64. The lowest BCUT2D eigenvalue weighted by Crippen LogP contribution is -2.23. The molecule has 0 radical (unpaired) electrons. The number of benzene rings is 2. The number of esters is 1. The monoisotopic (exact) mass is 452 g/mol. The summed E-state index contributed by atoms with van der Waals surface area (Å²) in [6.45, 7) is 5.40. The van der Waals surface area contributed by atoms with Gasteiger partial charge in [-0.15, -0.1) is 0 Å². The van der Waals surface area contributed by atoms with Crippen LogP contribution in [0.4, 0.5) is 11.4 Å². The molecule has 2 aromatic rings. The third-order valence-electron chi connectivity index (χ3n) is 4.39. The van der Waals surface area contributed by atoms with Gasteiger partial charge < -0.3 is 15.0 Å². The smallest absolute Gasteiger partial charge is 0.307 e. The van der Waals surface area contributed by atoms with Crippen molar-refractivity contribution < 1.29 is 22.7 Å². The SMILES string of the molecule is CCN(CC)c1ccc(NC(=O)COC(=O)CCS(=O)(=O)c2ccc(Cl)cc2)cc1. The highest BCUT2D eigenvalue weighted by molar-refractivity contribution is 7.91. The Morgan fingerprint density at radius 1 is 1.00 bits per heavy atom. The Balaban J connectivity index is 1.79. The second-order valence-corrected chi connectivity index (χ2v) is 9.00. The van der Waals surface area contributed by atoms with Crippen LogP contribution in [0.5, 0.6) is 0 Å². The molecule has 2 aromatic carbocycles. The molecule has 0 aliphatic rings. The average Bonchev–Trinajstić information content (AvgIpc) is 2.73. The van der Waals surface area contributed by atoms with Gasteiger partial charge in [-0.25, -0.2) is 8.42 Å². The molecule has 162 valence electrons. The number of nitrogens with one attached hydrogen (secondary N) is 1. The van der Waals surface area contributed by atoms with Crippen molar-refractivity contribution in [3.05, 3.63) is 53.6 Å². The normalized spacial score (nSPS) is 11.0. The predicted octanol–water partition coefficient (Wildman–Crippen LogP) is 3.53. The lowest BCUT2D eigenvalue weighted by atomic mass is 10.2. The third-order valence-corrected chi connectivity index (χ3v) is 6.38. The summed E-state index contributed by atoms with van der Waals surface area (Å²) < 4.78 is 29.3. The van der Waals surface area contributed by atoms with E-state index in [1.807, 2.05) is 12.1 Å². The van der Waals surface area contributed by atoms with E-state index in [1.165, 1.54) is 24.3 Å². The van der Waals surface area contributed by atoms with E-state index in [-0.39, 0.29) is 11.3 Å². The van der Waals surface area contributed by atoms with Crippen LogP contribution in [0.15, 0.2) is 53.4 Å². The fourth-order valence-electron chi connectivity index (χ4n) is 2.74. The average molecular weight is 453 g/mol. The second kappa shape index (κ2) is 11.0. The second-order valence-electron chi connectivity index (χ2n) is 6.45. The predicted molar refractivity (Wildman–Crippen MR) is 118 cm³/mol. The zero-order valence-corrected chi connectivity index (χ0v) is 18.5. The minimum Gasteiger partial charge on any atom is -0.456 e. The third kappa shape index (κ3) is 7.03. The van der Waals surface area contributed by atoms with Crippen molar-refractivity contribution in [1.29, 1.82) is 0 Å². The summed E-state index contributed by atoms with van der Waals surface area (Å²) in [6, 6.07) is 13.0. The molecule has 0 fully saturated rings. The molecule has 30 heavy (non-hydrogen) atoms. The fourth-order valence-corrected chi connectivity index (χ4v) is 4.08. The lowest BCUT2D eigenvalue weighted by Gasteiger charge is -2.21. The maximum Gasteiger partial charge on any atom is 0.307 e. The van der Waals surface area contributed by atoms with Crippen LogP contribution in [0.2, 0.25) is 5.02 Å². The number of carbonyl (C=O) groups is 2. The molecule has 0 aliphatic carbocycles. The summed E-state index contributed by atoms with van der Waals surface area (Å²) in [5.41, 5.74) is 1.63. The number of amides is 1. The summed E-state index contributed by atoms with van der Waals surface area (Å²) in [6.07, 6.45) is -0.350. The van der Waals surface area contributed by atoms with Crippen molar-refractivity contribution in [2.45, 2.75) is 25.2 Å². The summed E-state index contributed by atoms with van der Waals surface area (Å²) in [5, 5.41) is 3.06. The van der Waals surface area contributed by atoms with E-state index < -0.39 is 34.1 Å². The maximum absolute atomic E-state index is 12.2. The summed E-state index contributed by atoms with van der Waals surface area (Å²) in [4.78, 5) is 26.0. The number of ether oxygens (including phenoxy) is 1. The van der Waals surface area contributed by atoms with E-state index in [0.717, 1.165) is 18.8 Å². The Labute approximate surface area is 181 Å². The molecule has 2 rings (SSSR count). The quantitative estimate of drug-likeness (QED) is 0.554. The number of nitrogens with zero attached hydrogens (tertiary/aromatic N) is 1. The highest BCUT2D eigenvalue weighted by Crippen LogP contribution is 2.18. The van der Waals surface area contributed by atoms with Gasteiger partial charge in [0.15, 0.2) is 16.4 Å². The van der Waals surface area contributed by atoms with E-state index >= 15 is 0 Å². The zero-order valence-electron chi connectivity index (χ0n) is 16.9. The van der Waals surface area contributed by atoms with Gasteiger partial charge in [0, 0.05) is 29.5 Å². The number of hydrogen-bond acceptors (Lipinski definition) is 6. The molecule has 0 heterocycles. The van der Waals surface area contributed by atoms with Gasteiger partial charge in [0.25, 0.3) is 5.91 Å². The van der Waals surface area contributed by atoms with Crippen molar-refractivity contribution in [1.82, 2.24) is 0 Å². The largest absolute Gasteiger partial charge is 0.456 e. The van der Waals surface area contributed by atoms with Gasteiger partial charge in [0.2, 0.25) is 0 Å². The van der Waals surface area contributed by atoms with Crippen LogP contribution in [0.3, 0.4) is 0 Å². The molecule has 0 aromatic heterocycles. The molecule has 0 bridgehead atoms. The Morgan fingerprint density at radius 3 is 2.17 bits per heavy atom. The molecule has 0 spiro atoms. The Kier molecular flexibility index (Phi) is 8.68. The molecule has 0 aliphatic heterocycles. The summed E-state index contributed by atoms with van der Waals surface area (Å²) >= 11 is 5.74. The highest BCUT2D eigenvalue weighted by atomic mass is 35.5. The first-order valence-electron chi connectivity index (χ1n) is 9.54. The number of hydrogen-bond donors (Lipinski definition) is 1. The van der Waals surface area contributed by atoms with Crippen LogP contribution >= 0.6 is 11.6 Å². The number of anilines is 2. The van der Waals surface area contributed by atoms with Gasteiger partial charge >= 0.3 is 5.97 Å². The number of halogens is 1. The van der Waals surface area contributed by atoms with Crippen LogP contribution in [0.25, 0.3) is 0 Å². The first-order valence-corrected chi connectivity index (χ1v) is 11.6. The zero-order chi connectivity index (χ0) is 22.1. The van der Waals surface area contributed by atoms with Gasteiger partial charge in [0.1, 0.15) is 0 Å². The van der Waals surface area contributed by atoms with Crippen molar-refractivity contribution in [3.63, 3.8) is 0 Å². The van der Waals surface area contributed by atoms with Crippen molar-refractivity contribution >= 4 is 44.7 Å². The molecule has 7 nitrogen and oxygen atoms in total. The van der Waals surface area contributed by atoms with Crippen LogP contribution in [0, 0.1) is 0 Å². The van der Waals surface area contributed by atoms with E-state index in [4.69, 9.17) is 16.3 Å². The van der Waals surface area contributed by atoms with E-state index in [9.17, 15) is 18.0 Å². The Morgan fingerprint density at radius 2 is 1.60 bits per heavy atom. The van der Waals surface area contributed by atoms with Gasteiger partial charge in [-0.1, -0.05) is 11.6 Å². The van der Waals surface area contributed by atoms with Gasteiger partial charge in [-0.3, -0.25) is 9.59 Å². The van der Waals surface area contributed by atoms with Crippen molar-refractivity contribution in [2.24, 2.45) is 0 Å². The molecule has 1 amide bonds. The standard InChI is InChI=1S/C21H25ClN2O5S/c1-3-24(4-2)18-9-7-17(8-10-18)23-20(25)15-29-21(26)13-14-30(27,28)19-11-5-16(22)6-12-19/h5-12H,3-4,13-15H2,1-2H3,(H,23,25). The Bertz CT molecular complexity index is 956. The number of carbonyl (C=O) groups excluding carboxylic acids is 2. The van der Waals surface area contributed by atoms with Crippen LogP contribution < -0.4 is 10.2 Å². The van der Waals surface area contributed by atoms with E-state index in [2.05, 4.69) is 24.1 Å². The molecule has 0 saturated heterocycles. The van der Waals surface area contributed by atoms with E-state index in [0.29, 0.717) is 10.7 Å². The maximum atomic E-state index is 12.2. The van der Waals surface area contributed by atoms with Crippen LogP contribution in [-0.2, 0) is 24.2 Å². The summed E-state index contributed by atoms with van der Waals surface area (Å²) in [5.74, 6) is -1.68. The molecular weight excluding hydrogens is 428 g/mol. The van der Waals surface area contributed by atoms with Crippen molar-refractivity contribution in [2.75, 3.05) is 35.7 Å². The Hall–Kier alpha value is -2.58. The van der Waals surface area contributed by atoms with Gasteiger partial charge in [0.05, 0.1) is 17.1 Å².